The van der Waals surface area contributed by atoms with Gasteiger partial charge in [-0.05, 0) is 61.7 Å². The van der Waals surface area contributed by atoms with Gasteiger partial charge in [-0.3, -0.25) is 4.79 Å². The first-order valence-electron chi connectivity index (χ1n) is 8.45. The van der Waals surface area contributed by atoms with Gasteiger partial charge in [0.05, 0.1) is 16.6 Å². The fourth-order valence-corrected chi connectivity index (χ4v) is 3.20. The standard InChI is InChI=1S/C19H21Cl2N3O/c20-17-9-6-15(12-18(17)21)22-13-19(25)23-14-4-7-16(8-5-14)24-10-2-1-3-11-24/h4-9,12,22H,1-3,10-11,13H2,(H,23,25). The average molecular weight is 378 g/mol. The molecule has 4 nitrogen and oxygen atoms in total. The summed E-state index contributed by atoms with van der Waals surface area (Å²) in [6.45, 7) is 2.38. The fraction of sp³-hybridized carbons (Fsp3) is 0.316. The van der Waals surface area contributed by atoms with Crippen LogP contribution in [0.25, 0.3) is 0 Å². The molecule has 2 N–H and O–H groups in total. The summed E-state index contributed by atoms with van der Waals surface area (Å²) < 4.78 is 0. The van der Waals surface area contributed by atoms with Crippen molar-refractivity contribution < 1.29 is 4.79 Å². The third kappa shape index (κ3) is 5.03. The number of hydrogen-bond acceptors (Lipinski definition) is 3. The van der Waals surface area contributed by atoms with Gasteiger partial charge in [0.15, 0.2) is 0 Å². The number of hydrogen-bond donors (Lipinski definition) is 2. The Kier molecular flexibility index (Phi) is 6.05. The molecule has 0 bridgehead atoms. The largest absolute Gasteiger partial charge is 0.376 e. The van der Waals surface area contributed by atoms with Crippen LogP contribution >= 0.6 is 23.2 Å². The fourth-order valence-electron chi connectivity index (χ4n) is 2.90. The predicted molar refractivity (Wildman–Crippen MR) is 106 cm³/mol. The lowest BCUT2D eigenvalue weighted by Crippen LogP contribution is -2.29. The maximum absolute atomic E-state index is 12.1. The molecule has 1 heterocycles. The van der Waals surface area contributed by atoms with Crippen molar-refractivity contribution in [1.29, 1.82) is 0 Å². The minimum atomic E-state index is -0.114. The molecule has 0 atom stereocenters. The van der Waals surface area contributed by atoms with Gasteiger partial charge in [0.1, 0.15) is 0 Å². The highest BCUT2D eigenvalue weighted by Crippen LogP contribution is 2.25. The second kappa shape index (κ2) is 8.45. The predicted octanol–water partition coefficient (Wildman–Crippen LogP) is 5.03. The first-order chi connectivity index (χ1) is 12.1. The Labute approximate surface area is 158 Å². The van der Waals surface area contributed by atoms with Crippen LogP contribution in [0.1, 0.15) is 19.3 Å². The topological polar surface area (TPSA) is 44.4 Å². The Bertz CT molecular complexity index is 728. The summed E-state index contributed by atoms with van der Waals surface area (Å²) in [5, 5.41) is 6.87. The van der Waals surface area contributed by atoms with Crippen molar-refractivity contribution >= 4 is 46.2 Å². The van der Waals surface area contributed by atoms with Gasteiger partial charge >= 0.3 is 0 Å². The quantitative estimate of drug-likeness (QED) is 0.767. The minimum Gasteiger partial charge on any atom is -0.376 e. The van der Waals surface area contributed by atoms with E-state index in [1.807, 2.05) is 12.1 Å². The number of carbonyl (C=O) groups excluding carboxylic acids is 1. The highest BCUT2D eigenvalue weighted by molar-refractivity contribution is 6.42. The SMILES string of the molecule is O=C(CNc1ccc(Cl)c(Cl)c1)Nc1ccc(N2CCCCC2)cc1. The molecule has 0 aliphatic carbocycles. The first kappa shape index (κ1) is 17.9. The Morgan fingerprint density at radius 1 is 0.920 bits per heavy atom. The number of carbonyl (C=O) groups is 1. The van der Waals surface area contributed by atoms with Gasteiger partial charge in [0, 0.05) is 30.2 Å². The van der Waals surface area contributed by atoms with Crippen molar-refractivity contribution in [2.75, 3.05) is 35.2 Å². The maximum atomic E-state index is 12.1. The highest BCUT2D eigenvalue weighted by Gasteiger charge is 2.11. The van der Waals surface area contributed by atoms with Crippen molar-refractivity contribution in [3.63, 3.8) is 0 Å². The van der Waals surface area contributed by atoms with E-state index in [9.17, 15) is 4.79 Å². The molecule has 2 aromatic carbocycles. The average Bonchev–Trinajstić information content (AvgIpc) is 2.64. The lowest BCUT2D eigenvalue weighted by molar-refractivity contribution is -0.114. The molecule has 1 fully saturated rings. The van der Waals surface area contributed by atoms with Crippen LogP contribution in [0.5, 0.6) is 0 Å². The van der Waals surface area contributed by atoms with Gasteiger partial charge in [0.2, 0.25) is 5.91 Å². The normalized spacial score (nSPS) is 14.2. The van der Waals surface area contributed by atoms with Gasteiger partial charge < -0.3 is 15.5 Å². The Hall–Kier alpha value is -1.91. The number of nitrogens with one attached hydrogen (secondary N) is 2. The van der Waals surface area contributed by atoms with Crippen LogP contribution < -0.4 is 15.5 Å². The number of rotatable bonds is 5. The van der Waals surface area contributed by atoms with Gasteiger partial charge in [0.25, 0.3) is 0 Å². The number of amides is 1. The van der Waals surface area contributed by atoms with Crippen molar-refractivity contribution in [2.24, 2.45) is 0 Å². The summed E-state index contributed by atoms with van der Waals surface area (Å²) in [5.41, 5.74) is 2.76. The summed E-state index contributed by atoms with van der Waals surface area (Å²) in [6.07, 6.45) is 3.81. The summed E-state index contributed by atoms with van der Waals surface area (Å²) in [6, 6.07) is 13.2. The van der Waals surface area contributed by atoms with E-state index in [0.29, 0.717) is 10.0 Å². The summed E-state index contributed by atoms with van der Waals surface area (Å²) >= 11 is 11.8. The Morgan fingerprint density at radius 2 is 1.60 bits per heavy atom. The number of benzene rings is 2. The zero-order chi connectivity index (χ0) is 17.6. The molecule has 132 valence electrons. The zero-order valence-corrected chi connectivity index (χ0v) is 15.4. The molecule has 0 radical (unpaired) electrons. The second-order valence-corrected chi connectivity index (χ2v) is 6.94. The lowest BCUT2D eigenvalue weighted by atomic mass is 10.1. The third-order valence-corrected chi connectivity index (χ3v) is 4.98. The third-order valence-electron chi connectivity index (χ3n) is 4.24. The van der Waals surface area contributed by atoms with Gasteiger partial charge in [-0.2, -0.15) is 0 Å². The zero-order valence-electron chi connectivity index (χ0n) is 13.9. The molecule has 6 heteroatoms. The molecular formula is C19H21Cl2N3O. The summed E-state index contributed by atoms with van der Waals surface area (Å²) in [5.74, 6) is -0.114. The lowest BCUT2D eigenvalue weighted by Gasteiger charge is -2.28. The Balaban J connectivity index is 1.51. The molecule has 1 aliphatic heterocycles. The van der Waals surface area contributed by atoms with Crippen molar-refractivity contribution in [3.8, 4) is 0 Å². The molecule has 0 spiro atoms. The first-order valence-corrected chi connectivity index (χ1v) is 9.21. The van der Waals surface area contributed by atoms with Gasteiger partial charge in [-0.25, -0.2) is 0 Å². The highest BCUT2D eigenvalue weighted by atomic mass is 35.5. The number of anilines is 3. The van der Waals surface area contributed by atoms with E-state index >= 15 is 0 Å². The van der Waals surface area contributed by atoms with Crippen molar-refractivity contribution in [1.82, 2.24) is 0 Å². The molecule has 2 aromatic rings. The van der Waals surface area contributed by atoms with Crippen LogP contribution in [-0.4, -0.2) is 25.5 Å². The minimum absolute atomic E-state index is 0.114. The van der Waals surface area contributed by atoms with E-state index in [1.54, 1.807) is 18.2 Å². The summed E-state index contributed by atoms with van der Waals surface area (Å²) in [7, 11) is 0. The van der Waals surface area contributed by atoms with Crippen LogP contribution in [0.2, 0.25) is 10.0 Å². The smallest absolute Gasteiger partial charge is 0.243 e. The molecule has 1 saturated heterocycles. The van der Waals surface area contributed by atoms with Gasteiger partial charge in [-0.1, -0.05) is 23.2 Å². The van der Waals surface area contributed by atoms with Crippen molar-refractivity contribution in [3.05, 3.63) is 52.5 Å². The van der Waals surface area contributed by atoms with Crippen LogP contribution in [0.15, 0.2) is 42.5 Å². The van der Waals surface area contributed by atoms with E-state index in [1.165, 1.54) is 24.9 Å². The Morgan fingerprint density at radius 3 is 2.28 bits per heavy atom. The maximum Gasteiger partial charge on any atom is 0.243 e. The second-order valence-electron chi connectivity index (χ2n) is 6.13. The molecule has 1 aliphatic rings. The molecule has 1 amide bonds. The van der Waals surface area contributed by atoms with E-state index in [2.05, 4.69) is 27.7 Å². The van der Waals surface area contributed by atoms with Crippen LogP contribution in [0.4, 0.5) is 17.1 Å². The van der Waals surface area contributed by atoms with Gasteiger partial charge in [-0.15, -0.1) is 0 Å². The van der Waals surface area contributed by atoms with E-state index < -0.39 is 0 Å². The molecule has 0 unspecified atom stereocenters. The molecule has 25 heavy (non-hydrogen) atoms. The van der Waals surface area contributed by atoms with Crippen LogP contribution in [0.3, 0.4) is 0 Å². The molecule has 0 saturated carbocycles. The summed E-state index contributed by atoms with van der Waals surface area (Å²) in [4.78, 5) is 14.5. The molecule has 0 aromatic heterocycles. The van der Waals surface area contributed by atoms with E-state index in [4.69, 9.17) is 23.2 Å². The number of nitrogens with zero attached hydrogens (tertiary/aromatic N) is 1. The molecule has 3 rings (SSSR count). The number of halogens is 2. The molecular weight excluding hydrogens is 357 g/mol. The van der Waals surface area contributed by atoms with Crippen LogP contribution in [0, 0.1) is 0 Å². The number of piperidine rings is 1. The monoisotopic (exact) mass is 377 g/mol. The van der Waals surface area contributed by atoms with E-state index in [0.717, 1.165) is 24.5 Å². The van der Waals surface area contributed by atoms with Crippen molar-refractivity contribution in [2.45, 2.75) is 19.3 Å². The van der Waals surface area contributed by atoms with E-state index in [-0.39, 0.29) is 12.5 Å². The van der Waals surface area contributed by atoms with Crippen LogP contribution in [-0.2, 0) is 4.79 Å².